The SMILES string of the molecule is COc1ccc(C=NNc2nc(Nc3ccc(C)cc3Br)nc(N3CCOCC3)n2)cc1. The fraction of sp³-hybridized carbons (Fsp3) is 0.273. The van der Waals surface area contributed by atoms with E-state index in [4.69, 9.17) is 9.47 Å². The summed E-state index contributed by atoms with van der Waals surface area (Å²) in [6.07, 6.45) is 1.70. The van der Waals surface area contributed by atoms with Gasteiger partial charge >= 0.3 is 0 Å². The van der Waals surface area contributed by atoms with Crippen LogP contribution in [0, 0.1) is 6.92 Å². The Morgan fingerprint density at radius 1 is 1.06 bits per heavy atom. The lowest BCUT2D eigenvalue weighted by Crippen LogP contribution is -2.37. The van der Waals surface area contributed by atoms with Crippen molar-refractivity contribution in [3.63, 3.8) is 0 Å². The normalized spacial score (nSPS) is 13.9. The minimum atomic E-state index is 0.344. The van der Waals surface area contributed by atoms with Gasteiger partial charge in [-0.3, -0.25) is 0 Å². The maximum absolute atomic E-state index is 5.45. The third-order valence-corrected chi connectivity index (χ3v) is 5.44. The Hall–Kier alpha value is -3.24. The Morgan fingerprint density at radius 2 is 1.81 bits per heavy atom. The highest BCUT2D eigenvalue weighted by Crippen LogP contribution is 2.26. The number of hydrogen-bond acceptors (Lipinski definition) is 9. The molecule has 0 radical (unpaired) electrons. The van der Waals surface area contributed by atoms with Gasteiger partial charge in [0.2, 0.25) is 17.8 Å². The first-order chi connectivity index (χ1) is 15.6. The van der Waals surface area contributed by atoms with Gasteiger partial charge in [0.05, 0.1) is 32.2 Å². The minimum Gasteiger partial charge on any atom is -0.497 e. The summed E-state index contributed by atoms with van der Waals surface area (Å²) in [5.74, 6) is 2.13. The van der Waals surface area contributed by atoms with Crippen molar-refractivity contribution >= 4 is 45.7 Å². The van der Waals surface area contributed by atoms with Crippen LogP contribution in [-0.4, -0.2) is 54.6 Å². The van der Waals surface area contributed by atoms with Crippen molar-refractivity contribution in [2.75, 3.05) is 49.1 Å². The Labute approximate surface area is 195 Å². The highest BCUT2D eigenvalue weighted by Gasteiger charge is 2.17. The fourth-order valence-electron chi connectivity index (χ4n) is 3.07. The topological polar surface area (TPSA) is 96.8 Å². The summed E-state index contributed by atoms with van der Waals surface area (Å²) in [6, 6.07) is 13.6. The smallest absolute Gasteiger partial charge is 0.250 e. The lowest BCUT2D eigenvalue weighted by atomic mass is 10.2. The van der Waals surface area contributed by atoms with E-state index in [1.807, 2.05) is 49.4 Å². The standard InChI is InChI=1S/C22H24BrN7O2/c1-15-3-8-19(18(23)13-15)25-20-26-21(28-22(27-20)30-9-11-32-12-10-30)29-24-14-16-4-6-17(31-2)7-5-16/h3-8,13-14H,9-12H2,1-2H3,(H2,25,26,27,28,29). The molecule has 0 atom stereocenters. The predicted octanol–water partition coefficient (Wildman–Crippen LogP) is 3.98. The number of hydrazone groups is 1. The molecule has 3 aromatic rings. The molecule has 1 fully saturated rings. The Balaban J connectivity index is 1.56. The van der Waals surface area contributed by atoms with Crippen molar-refractivity contribution in [3.8, 4) is 5.75 Å². The summed E-state index contributed by atoms with van der Waals surface area (Å²) in [6.45, 7) is 4.74. The van der Waals surface area contributed by atoms with E-state index in [1.165, 1.54) is 0 Å². The molecule has 1 aliphatic rings. The third-order valence-electron chi connectivity index (χ3n) is 4.78. The van der Waals surface area contributed by atoms with Gasteiger partial charge in [-0.05, 0) is 70.4 Å². The molecule has 0 amide bonds. The van der Waals surface area contributed by atoms with Crippen LogP contribution in [0.2, 0.25) is 0 Å². The monoisotopic (exact) mass is 497 g/mol. The first kappa shape index (κ1) is 22.0. The highest BCUT2D eigenvalue weighted by molar-refractivity contribution is 9.10. The number of nitrogens with zero attached hydrogens (tertiary/aromatic N) is 5. The Bertz CT molecular complexity index is 1090. The molecule has 2 aromatic carbocycles. The van der Waals surface area contributed by atoms with Crippen LogP contribution in [0.4, 0.5) is 23.5 Å². The molecule has 0 aliphatic carbocycles. The molecule has 10 heteroatoms. The van der Waals surface area contributed by atoms with Crippen LogP contribution in [-0.2, 0) is 4.74 Å². The van der Waals surface area contributed by atoms with E-state index in [1.54, 1.807) is 13.3 Å². The van der Waals surface area contributed by atoms with Crippen LogP contribution >= 0.6 is 15.9 Å². The molecule has 2 N–H and O–H groups in total. The Morgan fingerprint density at radius 3 is 2.53 bits per heavy atom. The molecule has 0 unspecified atom stereocenters. The second-order valence-electron chi connectivity index (χ2n) is 7.13. The first-order valence-corrected chi connectivity index (χ1v) is 10.9. The van der Waals surface area contributed by atoms with Gasteiger partial charge in [0.15, 0.2) is 0 Å². The zero-order valence-corrected chi connectivity index (χ0v) is 19.5. The molecule has 2 heterocycles. The lowest BCUT2D eigenvalue weighted by Gasteiger charge is -2.27. The van der Waals surface area contributed by atoms with Crippen LogP contribution < -0.4 is 20.4 Å². The van der Waals surface area contributed by atoms with Gasteiger partial charge in [-0.2, -0.15) is 20.1 Å². The number of nitrogens with one attached hydrogen (secondary N) is 2. The summed E-state index contributed by atoms with van der Waals surface area (Å²) in [7, 11) is 1.64. The van der Waals surface area contributed by atoms with Gasteiger partial charge in [-0.1, -0.05) is 6.07 Å². The quantitative estimate of drug-likeness (QED) is 0.373. The zero-order valence-electron chi connectivity index (χ0n) is 17.9. The second-order valence-corrected chi connectivity index (χ2v) is 7.99. The highest BCUT2D eigenvalue weighted by atomic mass is 79.9. The summed E-state index contributed by atoms with van der Waals surface area (Å²) in [4.78, 5) is 15.7. The molecular weight excluding hydrogens is 474 g/mol. The zero-order chi connectivity index (χ0) is 22.3. The number of aryl methyl sites for hydroxylation is 1. The van der Waals surface area contributed by atoms with Gasteiger partial charge in [0.1, 0.15) is 5.75 Å². The first-order valence-electron chi connectivity index (χ1n) is 10.2. The number of ether oxygens (including phenoxy) is 2. The van der Waals surface area contributed by atoms with Crippen LogP contribution in [0.15, 0.2) is 52.0 Å². The maximum atomic E-state index is 5.45. The van der Waals surface area contributed by atoms with Gasteiger partial charge in [0.25, 0.3) is 0 Å². The van der Waals surface area contributed by atoms with Gasteiger partial charge in [-0.15, -0.1) is 0 Å². The summed E-state index contributed by atoms with van der Waals surface area (Å²) in [5, 5.41) is 7.55. The van der Waals surface area contributed by atoms with E-state index in [0.717, 1.165) is 27.0 Å². The van der Waals surface area contributed by atoms with E-state index >= 15 is 0 Å². The second kappa shape index (κ2) is 10.4. The van der Waals surface area contributed by atoms with Crippen LogP contribution in [0.25, 0.3) is 0 Å². The largest absolute Gasteiger partial charge is 0.497 e. The molecule has 166 valence electrons. The number of morpholine rings is 1. The number of hydrogen-bond donors (Lipinski definition) is 2. The van der Waals surface area contributed by atoms with E-state index in [0.29, 0.717) is 44.1 Å². The average molecular weight is 498 g/mol. The summed E-state index contributed by atoms with van der Waals surface area (Å²) >= 11 is 3.59. The minimum absolute atomic E-state index is 0.344. The molecule has 0 saturated carbocycles. The molecule has 4 rings (SSSR count). The van der Waals surface area contributed by atoms with Crippen molar-refractivity contribution in [1.29, 1.82) is 0 Å². The number of aromatic nitrogens is 3. The van der Waals surface area contributed by atoms with Crippen LogP contribution in [0.3, 0.4) is 0 Å². The van der Waals surface area contributed by atoms with Crippen molar-refractivity contribution in [2.24, 2.45) is 5.10 Å². The molecule has 0 spiro atoms. The molecule has 1 saturated heterocycles. The molecule has 0 bridgehead atoms. The number of halogens is 1. The van der Waals surface area contributed by atoms with Crippen molar-refractivity contribution in [1.82, 2.24) is 15.0 Å². The molecule has 1 aliphatic heterocycles. The van der Waals surface area contributed by atoms with Crippen LogP contribution in [0.1, 0.15) is 11.1 Å². The van der Waals surface area contributed by atoms with E-state index < -0.39 is 0 Å². The van der Waals surface area contributed by atoms with E-state index in [2.05, 4.69) is 51.6 Å². The molecule has 1 aromatic heterocycles. The number of benzene rings is 2. The predicted molar refractivity (Wildman–Crippen MR) is 129 cm³/mol. The maximum Gasteiger partial charge on any atom is 0.250 e. The molecule has 9 nitrogen and oxygen atoms in total. The van der Waals surface area contributed by atoms with Crippen molar-refractivity contribution < 1.29 is 9.47 Å². The van der Waals surface area contributed by atoms with Crippen molar-refractivity contribution in [2.45, 2.75) is 6.92 Å². The van der Waals surface area contributed by atoms with E-state index in [-0.39, 0.29) is 0 Å². The van der Waals surface area contributed by atoms with Gasteiger partial charge in [-0.25, -0.2) is 5.43 Å². The third kappa shape index (κ3) is 5.71. The molecular formula is C22H24BrN7O2. The molecule has 32 heavy (non-hydrogen) atoms. The lowest BCUT2D eigenvalue weighted by molar-refractivity contribution is 0.122. The van der Waals surface area contributed by atoms with Crippen LogP contribution in [0.5, 0.6) is 5.75 Å². The van der Waals surface area contributed by atoms with E-state index in [9.17, 15) is 0 Å². The van der Waals surface area contributed by atoms with Gasteiger partial charge in [0, 0.05) is 17.6 Å². The summed E-state index contributed by atoms with van der Waals surface area (Å²) < 4.78 is 11.6. The Kier molecular flexibility index (Phi) is 7.13. The number of anilines is 4. The number of methoxy groups -OCH3 is 1. The van der Waals surface area contributed by atoms with Crippen molar-refractivity contribution in [3.05, 3.63) is 58.1 Å². The summed E-state index contributed by atoms with van der Waals surface area (Å²) in [5.41, 5.74) is 5.85. The number of rotatable bonds is 7. The average Bonchev–Trinajstić information content (AvgIpc) is 2.82. The van der Waals surface area contributed by atoms with Gasteiger partial charge < -0.3 is 19.7 Å². The fourth-order valence-corrected chi connectivity index (χ4v) is 3.66.